The molecule has 0 radical (unpaired) electrons. The molecular weight excluding hydrogens is 214 g/mol. The van der Waals surface area contributed by atoms with Crippen LogP contribution in [0.1, 0.15) is 27.7 Å². The fourth-order valence-corrected chi connectivity index (χ4v) is 1.17. The van der Waals surface area contributed by atoms with Crippen LogP contribution in [-0.4, -0.2) is 29.1 Å². The first-order chi connectivity index (χ1) is 7.87. The normalized spacial score (nSPS) is 13.2. The summed E-state index contributed by atoms with van der Waals surface area (Å²) in [6.45, 7) is 10.1. The van der Waals surface area contributed by atoms with Crippen LogP contribution in [0.15, 0.2) is 12.4 Å². The molecule has 1 unspecified atom stereocenters. The molecule has 0 saturated heterocycles. The van der Waals surface area contributed by atoms with Gasteiger partial charge in [-0.05, 0) is 12.3 Å². The van der Waals surface area contributed by atoms with Gasteiger partial charge in [0, 0.05) is 25.2 Å². The minimum atomic E-state index is 0.107. The smallest absolute Gasteiger partial charge is 0.131 e. The molecule has 0 fully saturated rings. The Labute approximate surface area is 103 Å². The van der Waals surface area contributed by atoms with Crippen LogP contribution in [-0.2, 0) is 0 Å². The average molecular weight is 237 g/mol. The molecule has 0 aliphatic carbocycles. The molecule has 1 heterocycles. The van der Waals surface area contributed by atoms with Crippen LogP contribution in [0, 0.1) is 5.41 Å². The van der Waals surface area contributed by atoms with Gasteiger partial charge in [0.25, 0.3) is 0 Å². The van der Waals surface area contributed by atoms with Crippen molar-refractivity contribution in [2.75, 3.05) is 23.7 Å². The molecule has 1 aromatic rings. The van der Waals surface area contributed by atoms with Crippen molar-refractivity contribution in [3.8, 4) is 0 Å². The molecule has 5 heteroatoms. The molecule has 0 saturated carbocycles. The zero-order chi connectivity index (χ0) is 12.9. The lowest BCUT2D eigenvalue weighted by Gasteiger charge is -2.19. The largest absolute Gasteiger partial charge is 0.369 e. The molecule has 0 aromatic carbocycles. The lowest BCUT2D eigenvalue weighted by atomic mass is 9.97. The minimum absolute atomic E-state index is 0.107. The summed E-state index contributed by atoms with van der Waals surface area (Å²) >= 11 is 0. The third kappa shape index (κ3) is 6.06. The summed E-state index contributed by atoms with van der Waals surface area (Å²) in [7, 11) is 0. The predicted molar refractivity (Wildman–Crippen MR) is 72.1 cm³/mol. The summed E-state index contributed by atoms with van der Waals surface area (Å²) < 4.78 is 0. The van der Waals surface area contributed by atoms with E-state index >= 15 is 0 Å². The maximum Gasteiger partial charge on any atom is 0.131 e. The van der Waals surface area contributed by atoms with Crippen molar-refractivity contribution in [1.82, 2.24) is 9.97 Å². The van der Waals surface area contributed by atoms with E-state index in [1.165, 1.54) is 0 Å². The summed E-state index contributed by atoms with van der Waals surface area (Å²) in [5, 5.41) is 6.46. The van der Waals surface area contributed by atoms with E-state index in [0.29, 0.717) is 6.54 Å². The van der Waals surface area contributed by atoms with Crippen molar-refractivity contribution >= 4 is 11.6 Å². The number of nitrogens with zero attached hydrogens (tertiary/aromatic N) is 2. The van der Waals surface area contributed by atoms with Gasteiger partial charge in [0.05, 0.1) is 0 Å². The maximum absolute atomic E-state index is 5.67. The van der Waals surface area contributed by atoms with Crippen LogP contribution in [0.25, 0.3) is 0 Å². The van der Waals surface area contributed by atoms with Gasteiger partial charge in [0.2, 0.25) is 0 Å². The van der Waals surface area contributed by atoms with Crippen LogP contribution >= 0.6 is 0 Å². The second-order valence-corrected chi connectivity index (χ2v) is 5.56. The molecule has 0 bridgehead atoms. The van der Waals surface area contributed by atoms with Crippen molar-refractivity contribution in [2.24, 2.45) is 11.1 Å². The van der Waals surface area contributed by atoms with Gasteiger partial charge in [-0.15, -0.1) is 0 Å². The van der Waals surface area contributed by atoms with E-state index in [9.17, 15) is 0 Å². The van der Waals surface area contributed by atoms with Crippen molar-refractivity contribution in [2.45, 2.75) is 33.7 Å². The lowest BCUT2D eigenvalue weighted by molar-refractivity contribution is 0.442. The van der Waals surface area contributed by atoms with E-state index in [2.05, 4.69) is 41.4 Å². The van der Waals surface area contributed by atoms with Crippen LogP contribution < -0.4 is 16.4 Å². The topological polar surface area (TPSA) is 75.9 Å². The van der Waals surface area contributed by atoms with Crippen molar-refractivity contribution in [3.05, 3.63) is 12.4 Å². The summed E-state index contributed by atoms with van der Waals surface area (Å²) in [6.07, 6.45) is 1.55. The maximum atomic E-state index is 5.67. The highest BCUT2D eigenvalue weighted by molar-refractivity contribution is 5.46. The van der Waals surface area contributed by atoms with Crippen molar-refractivity contribution in [3.63, 3.8) is 0 Å². The SMILES string of the molecule is CC(N)CNc1cc(NCC(C)(C)C)ncn1. The molecular formula is C12H23N5. The Morgan fingerprint density at radius 1 is 1.24 bits per heavy atom. The quantitative estimate of drug-likeness (QED) is 0.726. The zero-order valence-corrected chi connectivity index (χ0v) is 11.1. The molecule has 4 N–H and O–H groups in total. The van der Waals surface area contributed by atoms with Gasteiger partial charge in [0.1, 0.15) is 18.0 Å². The molecule has 1 atom stereocenters. The molecule has 1 rings (SSSR count). The second-order valence-electron chi connectivity index (χ2n) is 5.56. The van der Waals surface area contributed by atoms with Gasteiger partial charge in [-0.25, -0.2) is 9.97 Å². The Balaban J connectivity index is 2.54. The van der Waals surface area contributed by atoms with Crippen LogP contribution in [0.3, 0.4) is 0 Å². The Kier molecular flexibility index (Phi) is 4.69. The van der Waals surface area contributed by atoms with Crippen LogP contribution in [0.5, 0.6) is 0 Å². The van der Waals surface area contributed by atoms with Gasteiger partial charge >= 0.3 is 0 Å². The van der Waals surface area contributed by atoms with Crippen molar-refractivity contribution < 1.29 is 0 Å². The molecule has 0 amide bonds. The first-order valence-electron chi connectivity index (χ1n) is 5.92. The fourth-order valence-electron chi connectivity index (χ4n) is 1.17. The molecule has 0 aliphatic rings. The highest BCUT2D eigenvalue weighted by Crippen LogP contribution is 2.15. The number of aromatic nitrogens is 2. The van der Waals surface area contributed by atoms with Crippen molar-refractivity contribution in [1.29, 1.82) is 0 Å². The third-order valence-corrected chi connectivity index (χ3v) is 2.07. The highest BCUT2D eigenvalue weighted by atomic mass is 15.1. The Morgan fingerprint density at radius 3 is 2.35 bits per heavy atom. The fraction of sp³-hybridized carbons (Fsp3) is 0.667. The molecule has 0 aliphatic heterocycles. The van der Waals surface area contributed by atoms with Crippen LogP contribution in [0.2, 0.25) is 0 Å². The van der Waals surface area contributed by atoms with Gasteiger partial charge < -0.3 is 16.4 Å². The minimum Gasteiger partial charge on any atom is -0.369 e. The number of nitrogens with two attached hydrogens (primary N) is 1. The molecule has 96 valence electrons. The molecule has 1 aromatic heterocycles. The van der Waals surface area contributed by atoms with E-state index in [0.717, 1.165) is 18.2 Å². The van der Waals surface area contributed by atoms with E-state index in [4.69, 9.17) is 5.73 Å². The number of nitrogens with one attached hydrogen (secondary N) is 2. The average Bonchev–Trinajstić information content (AvgIpc) is 2.23. The highest BCUT2D eigenvalue weighted by Gasteiger charge is 2.10. The molecule has 0 spiro atoms. The molecule has 5 nitrogen and oxygen atoms in total. The van der Waals surface area contributed by atoms with E-state index in [-0.39, 0.29) is 11.5 Å². The van der Waals surface area contributed by atoms with Gasteiger partial charge in [-0.2, -0.15) is 0 Å². The lowest BCUT2D eigenvalue weighted by Crippen LogP contribution is -2.25. The van der Waals surface area contributed by atoms with Gasteiger partial charge in [0.15, 0.2) is 0 Å². The van der Waals surface area contributed by atoms with Gasteiger partial charge in [-0.1, -0.05) is 20.8 Å². The van der Waals surface area contributed by atoms with Crippen LogP contribution in [0.4, 0.5) is 11.6 Å². The summed E-state index contributed by atoms with van der Waals surface area (Å²) in [4.78, 5) is 8.31. The van der Waals surface area contributed by atoms with E-state index in [1.54, 1.807) is 6.33 Å². The monoisotopic (exact) mass is 237 g/mol. The Bertz CT molecular complexity index is 343. The predicted octanol–water partition coefficient (Wildman–Crippen LogP) is 1.69. The number of anilines is 2. The number of hydrogen-bond donors (Lipinski definition) is 3. The summed E-state index contributed by atoms with van der Waals surface area (Å²) in [5.74, 6) is 1.64. The first-order valence-corrected chi connectivity index (χ1v) is 5.92. The Morgan fingerprint density at radius 2 is 1.82 bits per heavy atom. The Hall–Kier alpha value is -1.36. The van der Waals surface area contributed by atoms with E-state index in [1.807, 2.05) is 13.0 Å². The number of rotatable bonds is 5. The van der Waals surface area contributed by atoms with E-state index < -0.39 is 0 Å². The summed E-state index contributed by atoms with van der Waals surface area (Å²) in [5.41, 5.74) is 5.90. The zero-order valence-electron chi connectivity index (χ0n) is 11.1. The third-order valence-electron chi connectivity index (χ3n) is 2.07. The first kappa shape index (κ1) is 13.7. The second kappa shape index (κ2) is 5.82. The standard InChI is InChI=1S/C12H23N5/c1-9(13)6-14-10-5-11(17-8-16-10)15-7-12(2,3)4/h5,8-9H,6-7,13H2,1-4H3,(H2,14,15,16,17). The number of hydrogen-bond acceptors (Lipinski definition) is 5. The molecule has 17 heavy (non-hydrogen) atoms. The van der Waals surface area contributed by atoms with Gasteiger partial charge in [-0.3, -0.25) is 0 Å². The summed E-state index contributed by atoms with van der Waals surface area (Å²) in [6, 6.07) is 2.00.